The molecule has 168 valence electrons. The lowest BCUT2D eigenvalue weighted by Gasteiger charge is -2.24. The number of carbonyl (C=O) groups is 1. The number of sulfonamides is 1. The van der Waals surface area contributed by atoms with Crippen LogP contribution in [0.4, 0.5) is 18.9 Å². The van der Waals surface area contributed by atoms with Crippen LogP contribution in [0.5, 0.6) is 0 Å². The van der Waals surface area contributed by atoms with Crippen LogP contribution in [0, 0.1) is 0 Å². The Morgan fingerprint density at radius 3 is 2.22 bits per heavy atom. The number of hydrogen-bond acceptors (Lipinski definition) is 3. The summed E-state index contributed by atoms with van der Waals surface area (Å²) in [5, 5.41) is 2.83. The summed E-state index contributed by atoms with van der Waals surface area (Å²) in [6.07, 6.45) is -4.50. The maximum absolute atomic E-state index is 13.2. The number of benzene rings is 3. The highest BCUT2D eigenvalue weighted by atomic mass is 35.5. The second-order valence-corrected chi connectivity index (χ2v) is 9.07. The van der Waals surface area contributed by atoms with Crippen molar-refractivity contribution < 1.29 is 26.4 Å². The van der Waals surface area contributed by atoms with Crippen molar-refractivity contribution in [2.75, 3.05) is 10.8 Å². The first-order valence-electron chi connectivity index (χ1n) is 9.33. The highest BCUT2D eigenvalue weighted by Crippen LogP contribution is 2.29. The van der Waals surface area contributed by atoms with Gasteiger partial charge in [0.15, 0.2) is 0 Å². The molecule has 0 aliphatic heterocycles. The number of alkyl halides is 3. The number of carbonyl (C=O) groups excluding carboxylic acids is 1. The fourth-order valence-electron chi connectivity index (χ4n) is 2.89. The second kappa shape index (κ2) is 9.62. The Labute approximate surface area is 188 Å². The van der Waals surface area contributed by atoms with Crippen LogP contribution in [0.25, 0.3) is 0 Å². The summed E-state index contributed by atoms with van der Waals surface area (Å²) in [4.78, 5) is 12.5. The van der Waals surface area contributed by atoms with E-state index in [-0.39, 0.29) is 22.7 Å². The minimum absolute atomic E-state index is 0.0589. The summed E-state index contributed by atoms with van der Waals surface area (Å²) in [7, 11) is -4.11. The van der Waals surface area contributed by atoms with Crippen LogP contribution in [0.1, 0.15) is 11.1 Å². The molecular formula is C22H18ClF3N2O3S. The van der Waals surface area contributed by atoms with Crippen molar-refractivity contribution in [2.24, 2.45) is 0 Å². The van der Waals surface area contributed by atoms with E-state index in [1.807, 2.05) is 0 Å². The summed E-state index contributed by atoms with van der Waals surface area (Å²) in [6, 6.07) is 18.1. The van der Waals surface area contributed by atoms with Gasteiger partial charge in [0, 0.05) is 11.6 Å². The van der Waals surface area contributed by atoms with Crippen LogP contribution in [0.3, 0.4) is 0 Å². The quantitative estimate of drug-likeness (QED) is 0.522. The van der Waals surface area contributed by atoms with Gasteiger partial charge in [0.25, 0.3) is 10.0 Å². The van der Waals surface area contributed by atoms with E-state index in [2.05, 4.69) is 5.32 Å². The van der Waals surface area contributed by atoms with Gasteiger partial charge in [-0.25, -0.2) is 8.42 Å². The molecule has 0 aromatic heterocycles. The highest BCUT2D eigenvalue weighted by Gasteiger charge is 2.30. The monoisotopic (exact) mass is 482 g/mol. The molecule has 0 saturated carbocycles. The molecule has 0 atom stereocenters. The van der Waals surface area contributed by atoms with E-state index in [4.69, 9.17) is 11.6 Å². The van der Waals surface area contributed by atoms with Crippen molar-refractivity contribution in [3.05, 3.63) is 95.0 Å². The van der Waals surface area contributed by atoms with Crippen LogP contribution in [-0.4, -0.2) is 20.9 Å². The van der Waals surface area contributed by atoms with E-state index in [0.29, 0.717) is 5.02 Å². The molecule has 10 heteroatoms. The summed E-state index contributed by atoms with van der Waals surface area (Å²) < 4.78 is 65.9. The molecule has 0 saturated heterocycles. The fourth-order valence-corrected chi connectivity index (χ4v) is 4.43. The number of para-hydroxylation sites is 1. The predicted molar refractivity (Wildman–Crippen MR) is 116 cm³/mol. The number of amides is 1. The van der Waals surface area contributed by atoms with Crippen LogP contribution in [0.2, 0.25) is 5.02 Å². The molecule has 3 aromatic carbocycles. The standard InChI is InChI=1S/C22H18ClF3N2O3S/c23-18-9-11-20(12-10-18)32(30,31)28(19-7-2-1-3-8-19)15-21(29)27-14-16-5-4-6-17(13-16)22(24,25)26/h1-13H,14-15H2,(H,27,29). The van der Waals surface area contributed by atoms with Gasteiger partial charge in [-0.05, 0) is 54.1 Å². The van der Waals surface area contributed by atoms with Gasteiger partial charge in [0.1, 0.15) is 6.54 Å². The Kier molecular flexibility index (Phi) is 7.10. The van der Waals surface area contributed by atoms with Gasteiger partial charge in [-0.1, -0.05) is 41.9 Å². The predicted octanol–water partition coefficient (Wildman–Crippen LogP) is 4.87. The molecule has 1 N–H and O–H groups in total. The average Bonchev–Trinajstić information content (AvgIpc) is 2.76. The largest absolute Gasteiger partial charge is 0.416 e. The van der Waals surface area contributed by atoms with Crippen molar-refractivity contribution >= 4 is 33.2 Å². The van der Waals surface area contributed by atoms with E-state index in [0.717, 1.165) is 16.4 Å². The van der Waals surface area contributed by atoms with E-state index < -0.39 is 34.2 Å². The third-order valence-electron chi connectivity index (χ3n) is 4.48. The zero-order valence-electron chi connectivity index (χ0n) is 16.5. The summed E-state index contributed by atoms with van der Waals surface area (Å²) in [6.45, 7) is -0.750. The van der Waals surface area contributed by atoms with Gasteiger partial charge in [-0.2, -0.15) is 13.2 Å². The third kappa shape index (κ3) is 5.80. The van der Waals surface area contributed by atoms with Gasteiger partial charge in [-0.15, -0.1) is 0 Å². The molecule has 1 amide bonds. The fraction of sp³-hybridized carbons (Fsp3) is 0.136. The minimum Gasteiger partial charge on any atom is -0.350 e. The van der Waals surface area contributed by atoms with Gasteiger partial charge in [-0.3, -0.25) is 9.10 Å². The van der Waals surface area contributed by atoms with Gasteiger partial charge >= 0.3 is 6.18 Å². The topological polar surface area (TPSA) is 66.5 Å². The molecule has 0 bridgehead atoms. The maximum Gasteiger partial charge on any atom is 0.416 e. The number of rotatable bonds is 7. The number of halogens is 4. The van der Waals surface area contributed by atoms with E-state index in [9.17, 15) is 26.4 Å². The van der Waals surface area contributed by atoms with Crippen molar-refractivity contribution in [1.29, 1.82) is 0 Å². The normalized spacial score (nSPS) is 11.8. The van der Waals surface area contributed by atoms with Crippen LogP contribution in [-0.2, 0) is 27.5 Å². The molecule has 0 unspecified atom stereocenters. The second-order valence-electron chi connectivity index (χ2n) is 6.78. The Bertz CT molecular complexity index is 1190. The zero-order chi connectivity index (χ0) is 23.4. The van der Waals surface area contributed by atoms with Gasteiger partial charge < -0.3 is 5.32 Å². The molecule has 0 fully saturated rings. The molecule has 0 spiro atoms. The molecule has 32 heavy (non-hydrogen) atoms. The van der Waals surface area contributed by atoms with Gasteiger partial charge in [0.2, 0.25) is 5.91 Å². The van der Waals surface area contributed by atoms with E-state index in [1.54, 1.807) is 18.2 Å². The van der Waals surface area contributed by atoms with Crippen molar-refractivity contribution in [1.82, 2.24) is 5.32 Å². The van der Waals surface area contributed by atoms with E-state index >= 15 is 0 Å². The number of anilines is 1. The molecule has 0 radical (unpaired) electrons. The Hall–Kier alpha value is -3.04. The van der Waals surface area contributed by atoms with Crippen molar-refractivity contribution in [3.8, 4) is 0 Å². The number of nitrogens with one attached hydrogen (secondary N) is 1. The first-order valence-corrected chi connectivity index (χ1v) is 11.2. The molecule has 5 nitrogen and oxygen atoms in total. The number of nitrogens with zero attached hydrogens (tertiary/aromatic N) is 1. The lowest BCUT2D eigenvalue weighted by molar-refractivity contribution is -0.137. The summed E-state index contributed by atoms with van der Waals surface area (Å²) >= 11 is 5.84. The average molecular weight is 483 g/mol. The zero-order valence-corrected chi connectivity index (χ0v) is 18.1. The van der Waals surface area contributed by atoms with Crippen LogP contribution >= 0.6 is 11.6 Å². The first kappa shape index (κ1) is 23.6. The minimum atomic E-state index is -4.50. The molecule has 3 aromatic rings. The molecular weight excluding hydrogens is 465 g/mol. The van der Waals surface area contributed by atoms with Crippen molar-refractivity contribution in [2.45, 2.75) is 17.6 Å². The third-order valence-corrected chi connectivity index (χ3v) is 6.52. The lowest BCUT2D eigenvalue weighted by atomic mass is 10.1. The Balaban J connectivity index is 1.80. The molecule has 0 heterocycles. The van der Waals surface area contributed by atoms with Crippen LogP contribution in [0.15, 0.2) is 83.8 Å². The highest BCUT2D eigenvalue weighted by molar-refractivity contribution is 7.92. The molecule has 0 aliphatic carbocycles. The summed E-state index contributed by atoms with van der Waals surface area (Å²) in [5.41, 5.74) is -0.336. The lowest BCUT2D eigenvalue weighted by Crippen LogP contribution is -2.40. The Morgan fingerprint density at radius 2 is 1.59 bits per heavy atom. The van der Waals surface area contributed by atoms with Crippen LogP contribution < -0.4 is 9.62 Å². The van der Waals surface area contributed by atoms with Crippen molar-refractivity contribution in [3.63, 3.8) is 0 Å². The molecule has 3 rings (SSSR count). The number of hydrogen-bond donors (Lipinski definition) is 1. The molecule has 0 aliphatic rings. The van der Waals surface area contributed by atoms with Gasteiger partial charge in [0.05, 0.1) is 16.1 Å². The SMILES string of the molecule is O=C(CN(c1ccccc1)S(=O)(=O)c1ccc(Cl)cc1)NCc1cccc(C(F)(F)F)c1. The van der Waals surface area contributed by atoms with E-state index in [1.165, 1.54) is 48.5 Å². The first-order chi connectivity index (χ1) is 15.1. The summed E-state index contributed by atoms with van der Waals surface area (Å²) in [5.74, 6) is -0.677. The Morgan fingerprint density at radius 1 is 0.938 bits per heavy atom. The smallest absolute Gasteiger partial charge is 0.350 e. The maximum atomic E-state index is 13.2.